The fourth-order valence-corrected chi connectivity index (χ4v) is 1.17. The van der Waals surface area contributed by atoms with Crippen LogP contribution in [0.2, 0.25) is 0 Å². The zero-order valence-electron chi connectivity index (χ0n) is 7.88. The molecule has 0 spiro atoms. The summed E-state index contributed by atoms with van der Waals surface area (Å²) in [5.74, 6) is 0. The molecule has 0 aromatic rings. The second kappa shape index (κ2) is 4.21. The summed E-state index contributed by atoms with van der Waals surface area (Å²) in [6.07, 6.45) is 1.64. The van der Waals surface area contributed by atoms with E-state index in [1.807, 2.05) is 13.8 Å². The van der Waals surface area contributed by atoms with Crippen LogP contribution in [0.4, 0.5) is 0 Å². The van der Waals surface area contributed by atoms with Crippen molar-refractivity contribution in [2.45, 2.75) is 33.0 Å². The van der Waals surface area contributed by atoms with Gasteiger partial charge in [0.2, 0.25) is 0 Å². The number of rotatable bonds is 3. The first kappa shape index (κ1) is 9.96. The monoisotopic (exact) mass is 174 g/mol. The van der Waals surface area contributed by atoms with Crippen molar-refractivity contribution in [3.63, 3.8) is 0 Å². The molecule has 0 unspecified atom stereocenters. The Kier molecular flexibility index (Phi) is 3.50. The van der Waals surface area contributed by atoms with Gasteiger partial charge in [-0.05, 0) is 11.8 Å². The predicted octanol–water partition coefficient (Wildman–Crippen LogP) is 1.16. The molecule has 1 heterocycles. The Balaban J connectivity index is 2.28. The summed E-state index contributed by atoms with van der Waals surface area (Å²) in [6, 6.07) is 0. The molecule has 0 bridgehead atoms. The lowest BCUT2D eigenvalue weighted by molar-refractivity contribution is -0.194. The molecule has 0 aromatic heterocycles. The number of aliphatic hydroxyl groups is 1. The van der Waals surface area contributed by atoms with Gasteiger partial charge in [-0.1, -0.05) is 13.8 Å². The lowest BCUT2D eigenvalue weighted by Crippen LogP contribution is -2.31. The third kappa shape index (κ3) is 3.09. The Labute approximate surface area is 73.7 Å². The van der Waals surface area contributed by atoms with Crippen LogP contribution in [0, 0.1) is 5.41 Å². The van der Waals surface area contributed by atoms with E-state index in [0.29, 0.717) is 0 Å². The summed E-state index contributed by atoms with van der Waals surface area (Å²) < 4.78 is 10.8. The van der Waals surface area contributed by atoms with Gasteiger partial charge in [-0.3, -0.25) is 0 Å². The Morgan fingerprint density at radius 3 is 2.42 bits per heavy atom. The highest BCUT2D eigenvalue weighted by Crippen LogP contribution is 2.24. The maximum Gasteiger partial charge on any atom is 0.158 e. The Morgan fingerprint density at radius 1 is 1.33 bits per heavy atom. The minimum absolute atomic E-state index is 0.0952. The minimum atomic E-state index is -0.110. The van der Waals surface area contributed by atoms with Gasteiger partial charge in [-0.15, -0.1) is 0 Å². The maximum atomic E-state index is 9.01. The molecule has 0 amide bonds. The summed E-state index contributed by atoms with van der Waals surface area (Å²) >= 11 is 0. The molecule has 0 atom stereocenters. The number of aliphatic hydroxyl groups excluding tert-OH is 1. The standard InChI is InChI=1S/C9H18O3/c1-9(2,7-10)6-8-11-4-3-5-12-8/h8,10H,3-7H2,1-2H3. The van der Waals surface area contributed by atoms with Crippen LogP contribution in [0.5, 0.6) is 0 Å². The quantitative estimate of drug-likeness (QED) is 0.697. The summed E-state index contributed by atoms with van der Waals surface area (Å²) in [5, 5.41) is 9.01. The van der Waals surface area contributed by atoms with E-state index in [9.17, 15) is 0 Å². The van der Waals surface area contributed by atoms with Crippen LogP contribution in [-0.4, -0.2) is 31.2 Å². The molecule has 1 saturated heterocycles. The van der Waals surface area contributed by atoms with Gasteiger partial charge in [-0.25, -0.2) is 0 Å². The number of hydrogen-bond acceptors (Lipinski definition) is 3. The summed E-state index contributed by atoms with van der Waals surface area (Å²) in [5.41, 5.74) is -0.0952. The van der Waals surface area contributed by atoms with Gasteiger partial charge in [0.1, 0.15) is 0 Å². The van der Waals surface area contributed by atoms with Crippen molar-refractivity contribution in [3.05, 3.63) is 0 Å². The zero-order chi connectivity index (χ0) is 9.03. The van der Waals surface area contributed by atoms with Gasteiger partial charge in [-0.2, -0.15) is 0 Å². The van der Waals surface area contributed by atoms with E-state index in [4.69, 9.17) is 14.6 Å². The molecule has 0 aromatic carbocycles. The van der Waals surface area contributed by atoms with E-state index in [-0.39, 0.29) is 18.3 Å². The molecule has 1 aliphatic rings. The topological polar surface area (TPSA) is 38.7 Å². The first-order valence-electron chi connectivity index (χ1n) is 4.48. The van der Waals surface area contributed by atoms with Crippen molar-refractivity contribution in [3.8, 4) is 0 Å². The highest BCUT2D eigenvalue weighted by atomic mass is 16.7. The SMILES string of the molecule is CC(C)(CO)CC1OCCCO1. The van der Waals surface area contributed by atoms with E-state index in [1.165, 1.54) is 0 Å². The van der Waals surface area contributed by atoms with Crippen molar-refractivity contribution in [1.82, 2.24) is 0 Å². The van der Waals surface area contributed by atoms with Crippen LogP contribution in [0.25, 0.3) is 0 Å². The Hall–Kier alpha value is -0.120. The summed E-state index contributed by atoms with van der Waals surface area (Å²) in [6.45, 7) is 5.76. The summed E-state index contributed by atoms with van der Waals surface area (Å²) in [4.78, 5) is 0. The highest BCUT2D eigenvalue weighted by Gasteiger charge is 2.25. The molecular formula is C9H18O3. The van der Waals surface area contributed by atoms with E-state index in [2.05, 4.69) is 0 Å². The molecule has 12 heavy (non-hydrogen) atoms. The van der Waals surface area contributed by atoms with Crippen LogP contribution in [-0.2, 0) is 9.47 Å². The van der Waals surface area contributed by atoms with Crippen molar-refractivity contribution >= 4 is 0 Å². The van der Waals surface area contributed by atoms with Crippen molar-refractivity contribution in [1.29, 1.82) is 0 Å². The molecule has 72 valence electrons. The lowest BCUT2D eigenvalue weighted by Gasteiger charge is -2.30. The molecule has 0 saturated carbocycles. The molecular weight excluding hydrogens is 156 g/mol. The Bertz CT molecular complexity index is 128. The first-order chi connectivity index (χ1) is 5.64. The van der Waals surface area contributed by atoms with Gasteiger partial charge in [0.15, 0.2) is 6.29 Å². The average Bonchev–Trinajstić information content (AvgIpc) is 2.06. The van der Waals surface area contributed by atoms with Gasteiger partial charge in [0.05, 0.1) is 13.2 Å². The minimum Gasteiger partial charge on any atom is -0.396 e. The smallest absolute Gasteiger partial charge is 0.158 e. The highest BCUT2D eigenvalue weighted by molar-refractivity contribution is 4.69. The van der Waals surface area contributed by atoms with Crippen molar-refractivity contribution in [2.24, 2.45) is 5.41 Å². The van der Waals surface area contributed by atoms with Crippen molar-refractivity contribution < 1.29 is 14.6 Å². The fourth-order valence-electron chi connectivity index (χ4n) is 1.17. The molecule has 1 rings (SSSR count). The van der Waals surface area contributed by atoms with E-state index in [1.54, 1.807) is 0 Å². The van der Waals surface area contributed by atoms with Crippen LogP contribution >= 0.6 is 0 Å². The van der Waals surface area contributed by atoms with Crippen LogP contribution in [0.3, 0.4) is 0 Å². The molecule has 1 N–H and O–H groups in total. The Morgan fingerprint density at radius 2 is 1.92 bits per heavy atom. The summed E-state index contributed by atoms with van der Waals surface area (Å²) in [7, 11) is 0. The maximum absolute atomic E-state index is 9.01. The van der Waals surface area contributed by atoms with Gasteiger partial charge < -0.3 is 14.6 Å². The van der Waals surface area contributed by atoms with Gasteiger partial charge in [0, 0.05) is 13.0 Å². The third-order valence-corrected chi connectivity index (χ3v) is 2.04. The normalized spacial score (nSPS) is 21.2. The van der Waals surface area contributed by atoms with Crippen LogP contribution in [0.1, 0.15) is 26.7 Å². The van der Waals surface area contributed by atoms with E-state index >= 15 is 0 Å². The van der Waals surface area contributed by atoms with Crippen LogP contribution in [0.15, 0.2) is 0 Å². The molecule has 3 heteroatoms. The third-order valence-electron chi connectivity index (χ3n) is 2.04. The second-order valence-electron chi connectivity index (χ2n) is 4.05. The number of ether oxygens (including phenoxy) is 2. The molecule has 3 nitrogen and oxygen atoms in total. The van der Waals surface area contributed by atoms with Gasteiger partial charge in [0.25, 0.3) is 0 Å². The molecule has 0 aliphatic carbocycles. The van der Waals surface area contributed by atoms with E-state index in [0.717, 1.165) is 26.1 Å². The molecule has 1 fully saturated rings. The van der Waals surface area contributed by atoms with Crippen LogP contribution < -0.4 is 0 Å². The molecule has 1 aliphatic heterocycles. The lowest BCUT2D eigenvalue weighted by atomic mass is 9.90. The second-order valence-corrected chi connectivity index (χ2v) is 4.05. The van der Waals surface area contributed by atoms with Crippen molar-refractivity contribution in [2.75, 3.05) is 19.8 Å². The largest absolute Gasteiger partial charge is 0.396 e. The fraction of sp³-hybridized carbons (Fsp3) is 1.00. The molecule has 0 radical (unpaired) electrons. The van der Waals surface area contributed by atoms with E-state index < -0.39 is 0 Å². The first-order valence-corrected chi connectivity index (χ1v) is 4.48. The predicted molar refractivity (Wildman–Crippen MR) is 45.8 cm³/mol. The zero-order valence-corrected chi connectivity index (χ0v) is 7.88. The number of hydrogen-bond donors (Lipinski definition) is 1. The van der Waals surface area contributed by atoms with Gasteiger partial charge >= 0.3 is 0 Å². The average molecular weight is 174 g/mol.